The summed E-state index contributed by atoms with van der Waals surface area (Å²) < 4.78 is 0. The second-order valence-electron chi connectivity index (χ2n) is 8.32. The lowest BCUT2D eigenvalue weighted by Crippen LogP contribution is -2.51. The van der Waals surface area contributed by atoms with Crippen LogP contribution in [0.4, 0.5) is 5.82 Å². The molecule has 0 spiro atoms. The van der Waals surface area contributed by atoms with Crippen LogP contribution in [0.2, 0.25) is 0 Å². The van der Waals surface area contributed by atoms with Crippen LogP contribution in [0, 0.1) is 19.8 Å². The van der Waals surface area contributed by atoms with Crippen molar-refractivity contribution in [3.8, 4) is 0 Å². The highest BCUT2D eigenvalue weighted by atomic mass is 32.1. The van der Waals surface area contributed by atoms with Crippen molar-refractivity contribution in [2.45, 2.75) is 65.7 Å². The molecule has 0 radical (unpaired) electrons. The lowest BCUT2D eigenvalue weighted by molar-refractivity contribution is -0.136. The van der Waals surface area contributed by atoms with E-state index in [9.17, 15) is 4.79 Å². The number of aromatic nitrogens is 2. The van der Waals surface area contributed by atoms with Gasteiger partial charge in [0.15, 0.2) is 0 Å². The number of nitrogens with zero attached hydrogens (tertiary/aromatic N) is 4. The molecule has 152 valence electrons. The number of piperazine rings is 1. The molecule has 6 heteroatoms. The summed E-state index contributed by atoms with van der Waals surface area (Å²) in [5, 5.41) is 1.22. The Kier molecular flexibility index (Phi) is 5.85. The van der Waals surface area contributed by atoms with Gasteiger partial charge in [-0.1, -0.05) is 26.2 Å². The first kappa shape index (κ1) is 19.6. The smallest absolute Gasteiger partial charge is 0.225 e. The van der Waals surface area contributed by atoms with Gasteiger partial charge in [-0.3, -0.25) is 4.79 Å². The fraction of sp³-hybridized carbons (Fsp3) is 0.682. The molecular formula is C22H32N4OS. The van der Waals surface area contributed by atoms with E-state index < -0.39 is 0 Å². The van der Waals surface area contributed by atoms with Crippen molar-refractivity contribution < 1.29 is 4.79 Å². The molecule has 28 heavy (non-hydrogen) atoms. The van der Waals surface area contributed by atoms with Gasteiger partial charge in [-0.25, -0.2) is 9.97 Å². The van der Waals surface area contributed by atoms with Crippen LogP contribution in [0.1, 0.15) is 61.7 Å². The Balaban J connectivity index is 1.54. The highest BCUT2D eigenvalue weighted by Crippen LogP contribution is 2.35. The number of fused-ring (bicyclic) bond motifs is 1. The zero-order chi connectivity index (χ0) is 19.7. The largest absolute Gasteiger partial charge is 0.352 e. The maximum absolute atomic E-state index is 12.9. The Morgan fingerprint density at radius 3 is 2.46 bits per heavy atom. The standard InChI is InChI=1S/C22H32N4OS/c1-4-8-18-23-20(19-15(2)16(3)28-21(19)24-18)25-11-13-26(14-12-25)22(27)17-9-6-5-7-10-17/h17H,4-14H2,1-3H3. The fourth-order valence-corrected chi connectivity index (χ4v) is 5.62. The second kappa shape index (κ2) is 8.36. The maximum atomic E-state index is 12.9. The molecule has 4 rings (SSSR count). The molecule has 0 aromatic carbocycles. The van der Waals surface area contributed by atoms with Gasteiger partial charge >= 0.3 is 0 Å². The monoisotopic (exact) mass is 400 g/mol. The third kappa shape index (κ3) is 3.76. The summed E-state index contributed by atoms with van der Waals surface area (Å²) in [6, 6.07) is 0. The van der Waals surface area contributed by atoms with Crippen LogP contribution < -0.4 is 4.90 Å². The zero-order valence-electron chi connectivity index (χ0n) is 17.5. The van der Waals surface area contributed by atoms with Gasteiger partial charge in [0, 0.05) is 43.4 Å². The van der Waals surface area contributed by atoms with E-state index in [2.05, 4.69) is 30.6 Å². The number of aryl methyl sites for hydroxylation is 3. The first-order valence-corrected chi connectivity index (χ1v) is 11.7. The first-order chi connectivity index (χ1) is 13.6. The SMILES string of the molecule is CCCc1nc(N2CCN(C(=O)C3CCCCC3)CC2)c2c(C)c(C)sc2n1. The van der Waals surface area contributed by atoms with Gasteiger partial charge < -0.3 is 9.80 Å². The minimum absolute atomic E-state index is 0.268. The molecule has 2 aromatic rings. The third-order valence-electron chi connectivity index (χ3n) is 6.37. The molecule has 0 bridgehead atoms. The molecule has 3 heterocycles. The summed E-state index contributed by atoms with van der Waals surface area (Å²) in [7, 11) is 0. The average Bonchev–Trinajstić information content (AvgIpc) is 3.01. The molecule has 2 fully saturated rings. The van der Waals surface area contributed by atoms with Crippen LogP contribution in [0.5, 0.6) is 0 Å². The Morgan fingerprint density at radius 2 is 1.79 bits per heavy atom. The maximum Gasteiger partial charge on any atom is 0.225 e. The number of anilines is 1. The van der Waals surface area contributed by atoms with Crippen molar-refractivity contribution in [2.75, 3.05) is 31.1 Å². The van der Waals surface area contributed by atoms with Crippen LogP contribution in [-0.4, -0.2) is 47.0 Å². The molecule has 1 aliphatic carbocycles. The van der Waals surface area contributed by atoms with Gasteiger partial charge in [0.1, 0.15) is 16.5 Å². The minimum atomic E-state index is 0.268. The van der Waals surface area contributed by atoms with E-state index >= 15 is 0 Å². The molecule has 1 saturated carbocycles. The number of rotatable bonds is 4. The molecule has 1 amide bonds. The molecule has 1 aliphatic heterocycles. The van der Waals surface area contributed by atoms with E-state index in [0.717, 1.165) is 68.3 Å². The average molecular weight is 401 g/mol. The van der Waals surface area contributed by atoms with Crippen LogP contribution in [-0.2, 0) is 11.2 Å². The summed E-state index contributed by atoms with van der Waals surface area (Å²) in [6.07, 6.45) is 7.86. The van der Waals surface area contributed by atoms with Gasteiger partial charge in [0.2, 0.25) is 5.91 Å². The van der Waals surface area contributed by atoms with Crippen molar-refractivity contribution in [3.05, 3.63) is 16.3 Å². The van der Waals surface area contributed by atoms with E-state index in [4.69, 9.17) is 9.97 Å². The van der Waals surface area contributed by atoms with Crippen LogP contribution >= 0.6 is 11.3 Å². The summed E-state index contributed by atoms with van der Waals surface area (Å²) >= 11 is 1.78. The third-order valence-corrected chi connectivity index (χ3v) is 7.48. The Morgan fingerprint density at radius 1 is 1.07 bits per heavy atom. The first-order valence-electron chi connectivity index (χ1n) is 10.9. The molecule has 1 saturated heterocycles. The number of thiophene rings is 1. The predicted octanol–water partition coefficient (Wildman–Crippen LogP) is 4.49. The zero-order valence-corrected chi connectivity index (χ0v) is 18.3. The van der Waals surface area contributed by atoms with E-state index in [1.807, 2.05) is 0 Å². The van der Waals surface area contributed by atoms with Gasteiger partial charge in [0.05, 0.1) is 5.39 Å². The number of carbonyl (C=O) groups excluding carboxylic acids is 1. The molecule has 0 atom stereocenters. The highest BCUT2D eigenvalue weighted by molar-refractivity contribution is 7.18. The van der Waals surface area contributed by atoms with Crippen molar-refractivity contribution in [1.29, 1.82) is 0 Å². The topological polar surface area (TPSA) is 49.3 Å². The predicted molar refractivity (Wildman–Crippen MR) is 116 cm³/mol. The minimum Gasteiger partial charge on any atom is -0.352 e. The summed E-state index contributed by atoms with van der Waals surface area (Å²) in [5.74, 6) is 2.69. The van der Waals surface area contributed by atoms with Gasteiger partial charge in [-0.2, -0.15) is 0 Å². The number of hydrogen-bond donors (Lipinski definition) is 0. The Hall–Kier alpha value is -1.69. The van der Waals surface area contributed by atoms with Crippen LogP contribution in [0.25, 0.3) is 10.2 Å². The summed E-state index contributed by atoms with van der Waals surface area (Å²) in [6.45, 7) is 9.88. The quantitative estimate of drug-likeness (QED) is 0.759. The van der Waals surface area contributed by atoms with Crippen molar-refractivity contribution in [1.82, 2.24) is 14.9 Å². The van der Waals surface area contributed by atoms with E-state index in [1.165, 1.54) is 35.1 Å². The number of carbonyl (C=O) groups is 1. The molecule has 0 unspecified atom stereocenters. The molecule has 2 aromatic heterocycles. The van der Waals surface area contributed by atoms with Gasteiger partial charge in [-0.15, -0.1) is 11.3 Å². The van der Waals surface area contributed by atoms with Crippen LogP contribution in [0.3, 0.4) is 0 Å². The highest BCUT2D eigenvalue weighted by Gasteiger charge is 2.30. The Bertz CT molecular complexity index is 848. The lowest BCUT2D eigenvalue weighted by Gasteiger charge is -2.38. The lowest BCUT2D eigenvalue weighted by atomic mass is 9.88. The normalized spacial score (nSPS) is 18.8. The fourth-order valence-electron chi connectivity index (χ4n) is 4.58. The van der Waals surface area contributed by atoms with E-state index in [0.29, 0.717) is 5.91 Å². The summed E-state index contributed by atoms with van der Waals surface area (Å²) in [4.78, 5) is 29.6. The molecule has 0 N–H and O–H groups in total. The number of amides is 1. The van der Waals surface area contributed by atoms with Crippen LogP contribution in [0.15, 0.2) is 0 Å². The Labute approximate surface area is 172 Å². The molecular weight excluding hydrogens is 368 g/mol. The van der Waals surface area contributed by atoms with Crippen molar-refractivity contribution in [3.63, 3.8) is 0 Å². The summed E-state index contributed by atoms with van der Waals surface area (Å²) in [5.41, 5.74) is 1.30. The van der Waals surface area contributed by atoms with Gasteiger partial charge in [-0.05, 0) is 38.7 Å². The second-order valence-corrected chi connectivity index (χ2v) is 9.53. The van der Waals surface area contributed by atoms with Crippen molar-refractivity contribution in [2.24, 2.45) is 5.92 Å². The number of hydrogen-bond acceptors (Lipinski definition) is 5. The van der Waals surface area contributed by atoms with Gasteiger partial charge in [0.25, 0.3) is 0 Å². The van der Waals surface area contributed by atoms with Crippen molar-refractivity contribution >= 4 is 33.3 Å². The van der Waals surface area contributed by atoms with E-state index in [-0.39, 0.29) is 5.92 Å². The molecule has 2 aliphatic rings. The van der Waals surface area contributed by atoms with E-state index in [1.54, 1.807) is 11.3 Å². The molecule has 5 nitrogen and oxygen atoms in total.